The Bertz CT molecular complexity index is 1330. The fourth-order valence-electron chi connectivity index (χ4n) is 3.17. The average molecular weight is 487 g/mol. The van der Waals surface area contributed by atoms with Crippen molar-refractivity contribution in [2.24, 2.45) is 0 Å². The van der Waals surface area contributed by atoms with Crippen molar-refractivity contribution < 1.29 is 36.0 Å². The highest BCUT2D eigenvalue weighted by molar-refractivity contribution is 6.02. The van der Waals surface area contributed by atoms with Crippen LogP contribution in [0.2, 0.25) is 0 Å². The molecular weight excluding hydrogens is 470 g/mol. The van der Waals surface area contributed by atoms with Gasteiger partial charge in [-0.25, -0.2) is 9.37 Å². The summed E-state index contributed by atoms with van der Waals surface area (Å²) in [4.78, 5) is 28.4. The predicted molar refractivity (Wildman–Crippen MR) is 117 cm³/mol. The number of oxazole rings is 1. The maximum absolute atomic E-state index is 13.6. The first-order valence-corrected chi connectivity index (χ1v) is 10.3. The molecule has 4 aromatic rings. The maximum atomic E-state index is 13.6. The van der Waals surface area contributed by atoms with E-state index >= 15 is 0 Å². The molecule has 0 bridgehead atoms. The molecule has 180 valence electrons. The predicted octanol–water partition coefficient (Wildman–Crippen LogP) is 5.92. The van der Waals surface area contributed by atoms with Gasteiger partial charge < -0.3 is 19.5 Å². The molecule has 0 aliphatic rings. The minimum absolute atomic E-state index is 0.0334. The molecule has 0 saturated carbocycles. The molecule has 0 aliphatic carbocycles. The lowest BCUT2D eigenvalue weighted by Crippen LogP contribution is -2.18. The fourth-order valence-corrected chi connectivity index (χ4v) is 3.17. The quantitative estimate of drug-likeness (QED) is 0.316. The van der Waals surface area contributed by atoms with Crippen LogP contribution in [0.25, 0.3) is 11.3 Å². The molecule has 0 saturated heterocycles. The zero-order chi connectivity index (χ0) is 25.0. The number of aryl methyl sites for hydroxylation is 1. The van der Waals surface area contributed by atoms with Gasteiger partial charge in [0.05, 0.1) is 23.7 Å². The van der Waals surface area contributed by atoms with Gasteiger partial charge in [0.1, 0.15) is 5.82 Å². The number of carbonyl (C=O) groups excluding carboxylic acids is 2. The number of rotatable bonds is 7. The Morgan fingerprint density at radius 2 is 1.77 bits per heavy atom. The Labute approximate surface area is 195 Å². The smallest absolute Gasteiger partial charge is 0.418 e. The van der Waals surface area contributed by atoms with Crippen molar-refractivity contribution in [3.8, 4) is 11.3 Å². The van der Waals surface area contributed by atoms with Crippen LogP contribution >= 0.6 is 0 Å². The van der Waals surface area contributed by atoms with Crippen LogP contribution < -0.4 is 10.6 Å². The molecule has 4 rings (SSSR count). The number of nitrogens with one attached hydrogen (secondary N) is 2. The molecule has 0 radical (unpaired) electrons. The van der Waals surface area contributed by atoms with Gasteiger partial charge in [0.2, 0.25) is 5.91 Å². The number of aromatic nitrogens is 1. The monoisotopic (exact) mass is 487 g/mol. The molecule has 0 fully saturated rings. The van der Waals surface area contributed by atoms with Crippen LogP contribution in [0.5, 0.6) is 0 Å². The van der Waals surface area contributed by atoms with E-state index in [2.05, 4.69) is 15.6 Å². The Morgan fingerprint density at radius 3 is 2.46 bits per heavy atom. The summed E-state index contributed by atoms with van der Waals surface area (Å²) >= 11 is 0. The minimum Gasteiger partial charge on any atom is -0.459 e. The fraction of sp³-hybridized carbons (Fsp3) is 0.125. The molecule has 2 amide bonds. The van der Waals surface area contributed by atoms with Gasteiger partial charge in [0.25, 0.3) is 5.91 Å². The molecule has 0 spiro atoms. The molecular formula is C24H17F4N3O4. The van der Waals surface area contributed by atoms with Gasteiger partial charge in [-0.3, -0.25) is 9.59 Å². The molecule has 0 unspecified atom stereocenters. The van der Waals surface area contributed by atoms with E-state index < -0.39 is 35.1 Å². The minimum atomic E-state index is -4.79. The van der Waals surface area contributed by atoms with Crippen LogP contribution in [0.4, 0.5) is 28.9 Å². The van der Waals surface area contributed by atoms with Gasteiger partial charge in [-0.15, -0.1) is 0 Å². The van der Waals surface area contributed by atoms with Crippen molar-refractivity contribution in [3.05, 3.63) is 90.1 Å². The van der Waals surface area contributed by atoms with Crippen LogP contribution in [-0.4, -0.2) is 16.8 Å². The highest BCUT2D eigenvalue weighted by atomic mass is 19.4. The maximum Gasteiger partial charge on any atom is 0.418 e. The summed E-state index contributed by atoms with van der Waals surface area (Å²) < 4.78 is 64.3. The molecule has 11 heteroatoms. The van der Waals surface area contributed by atoms with Crippen molar-refractivity contribution in [3.63, 3.8) is 0 Å². The number of anilines is 2. The zero-order valence-corrected chi connectivity index (χ0v) is 17.9. The van der Waals surface area contributed by atoms with E-state index in [4.69, 9.17) is 8.83 Å². The summed E-state index contributed by atoms with van der Waals surface area (Å²) in [7, 11) is 0. The van der Waals surface area contributed by atoms with Crippen LogP contribution in [0.1, 0.15) is 28.4 Å². The first kappa shape index (κ1) is 23.7. The van der Waals surface area contributed by atoms with Crippen LogP contribution in [-0.2, 0) is 17.4 Å². The molecule has 2 aromatic heterocycles. The van der Waals surface area contributed by atoms with Gasteiger partial charge in [-0.05, 0) is 54.6 Å². The molecule has 0 aliphatic heterocycles. The highest BCUT2D eigenvalue weighted by Gasteiger charge is 2.34. The van der Waals surface area contributed by atoms with E-state index in [1.54, 1.807) is 0 Å². The summed E-state index contributed by atoms with van der Waals surface area (Å²) in [6, 6.07) is 11.4. The summed E-state index contributed by atoms with van der Waals surface area (Å²) in [6.45, 7) is 0. The van der Waals surface area contributed by atoms with Crippen LogP contribution in [0.3, 0.4) is 0 Å². The van der Waals surface area contributed by atoms with E-state index in [9.17, 15) is 27.2 Å². The zero-order valence-electron chi connectivity index (χ0n) is 17.9. The van der Waals surface area contributed by atoms with Gasteiger partial charge in [-0.2, -0.15) is 13.2 Å². The molecule has 35 heavy (non-hydrogen) atoms. The number of benzene rings is 2. The summed E-state index contributed by atoms with van der Waals surface area (Å²) in [5.74, 6) is -1.31. The average Bonchev–Trinajstić information content (AvgIpc) is 3.51. The number of furan rings is 1. The van der Waals surface area contributed by atoms with Gasteiger partial charge in [-0.1, -0.05) is 0 Å². The van der Waals surface area contributed by atoms with Crippen LogP contribution in [0, 0.1) is 5.82 Å². The summed E-state index contributed by atoms with van der Waals surface area (Å²) in [6.07, 6.45) is -2.28. The number of amides is 2. The summed E-state index contributed by atoms with van der Waals surface area (Å²) in [5.41, 5.74) is -1.12. The lowest BCUT2D eigenvalue weighted by atomic mass is 10.1. The Morgan fingerprint density at radius 1 is 1.00 bits per heavy atom. The molecule has 7 nitrogen and oxygen atoms in total. The topological polar surface area (TPSA) is 97.4 Å². The Kier molecular flexibility index (Phi) is 6.67. The van der Waals surface area contributed by atoms with E-state index in [0.29, 0.717) is 11.3 Å². The second-order valence-corrected chi connectivity index (χ2v) is 7.36. The van der Waals surface area contributed by atoms with Crippen molar-refractivity contribution in [1.29, 1.82) is 0 Å². The number of hydrogen-bond acceptors (Lipinski definition) is 5. The number of halogens is 4. The SMILES string of the molecule is O=C(CCc1ncc(-c2ccc(F)cc2)o1)Nc1ccc(NC(=O)c2ccco2)cc1C(F)(F)F. The normalized spacial score (nSPS) is 11.3. The number of carbonyl (C=O) groups is 2. The number of nitrogens with zero attached hydrogens (tertiary/aromatic N) is 1. The number of alkyl halides is 3. The highest BCUT2D eigenvalue weighted by Crippen LogP contribution is 2.37. The molecule has 0 atom stereocenters. The van der Waals surface area contributed by atoms with E-state index in [-0.39, 0.29) is 30.2 Å². The van der Waals surface area contributed by atoms with Gasteiger partial charge >= 0.3 is 6.18 Å². The molecule has 2 aromatic carbocycles. The third-order valence-corrected chi connectivity index (χ3v) is 4.85. The van der Waals surface area contributed by atoms with Crippen LogP contribution in [0.15, 0.2) is 75.9 Å². The van der Waals surface area contributed by atoms with Crippen molar-refractivity contribution in [2.75, 3.05) is 10.6 Å². The first-order chi connectivity index (χ1) is 16.7. The van der Waals surface area contributed by atoms with Crippen molar-refractivity contribution >= 4 is 23.2 Å². The van der Waals surface area contributed by atoms with Gasteiger partial charge in [0.15, 0.2) is 17.4 Å². The second-order valence-electron chi connectivity index (χ2n) is 7.36. The standard InChI is InChI=1S/C24H17F4N3O4/c25-15-5-3-14(4-6-15)20-13-29-22(35-20)10-9-21(32)31-18-8-7-16(12-17(18)24(26,27)28)30-23(33)19-2-1-11-34-19/h1-8,11-13H,9-10H2,(H,30,33)(H,31,32). The number of hydrogen-bond donors (Lipinski definition) is 2. The first-order valence-electron chi connectivity index (χ1n) is 10.3. The van der Waals surface area contributed by atoms with Crippen molar-refractivity contribution in [2.45, 2.75) is 19.0 Å². The lowest BCUT2D eigenvalue weighted by Gasteiger charge is -2.15. The van der Waals surface area contributed by atoms with Crippen molar-refractivity contribution in [1.82, 2.24) is 4.98 Å². The second kappa shape index (κ2) is 9.84. The Balaban J connectivity index is 1.41. The van der Waals surface area contributed by atoms with E-state index in [1.807, 2.05) is 0 Å². The molecule has 2 N–H and O–H groups in total. The van der Waals surface area contributed by atoms with E-state index in [0.717, 1.165) is 12.1 Å². The third-order valence-electron chi connectivity index (χ3n) is 4.85. The molecule has 2 heterocycles. The third kappa shape index (κ3) is 5.94. The van der Waals surface area contributed by atoms with Gasteiger partial charge in [0, 0.05) is 24.1 Å². The Hall–Kier alpha value is -4.41. The summed E-state index contributed by atoms with van der Waals surface area (Å²) in [5, 5.41) is 4.55. The largest absolute Gasteiger partial charge is 0.459 e. The van der Waals surface area contributed by atoms with E-state index in [1.165, 1.54) is 54.9 Å². The lowest BCUT2D eigenvalue weighted by molar-refractivity contribution is -0.136.